The van der Waals surface area contributed by atoms with Gasteiger partial charge in [-0.15, -0.1) is 11.3 Å². The Morgan fingerprint density at radius 3 is 2.44 bits per heavy atom. The van der Waals surface area contributed by atoms with Crippen molar-refractivity contribution < 1.29 is 0 Å². The summed E-state index contributed by atoms with van der Waals surface area (Å²) in [5.74, 6) is 0. The van der Waals surface area contributed by atoms with Crippen LogP contribution in [-0.4, -0.2) is 17.1 Å². The average molecular weight is 241 g/mol. The Bertz CT molecular complexity index is 336. The van der Waals surface area contributed by atoms with Gasteiger partial charge in [0.25, 0.3) is 0 Å². The van der Waals surface area contributed by atoms with Gasteiger partial charge in [0.15, 0.2) is 0 Å². The molecule has 0 unspecified atom stereocenters. The molecule has 1 aromatic rings. The lowest BCUT2D eigenvalue weighted by molar-refractivity contribution is 0.195. The van der Waals surface area contributed by atoms with Gasteiger partial charge >= 0.3 is 0 Å². The Morgan fingerprint density at radius 2 is 2.00 bits per heavy atom. The van der Waals surface area contributed by atoms with Crippen LogP contribution < -0.4 is 11.1 Å². The predicted molar refractivity (Wildman–Crippen MR) is 70.6 cm³/mol. The number of hydrogen-bond acceptors (Lipinski definition) is 4. The minimum Gasteiger partial charge on any atom is -0.325 e. The van der Waals surface area contributed by atoms with Crippen LogP contribution in [0.15, 0.2) is 6.20 Å². The van der Waals surface area contributed by atoms with E-state index in [4.69, 9.17) is 5.73 Å². The molecule has 0 spiro atoms. The third-order valence-corrected chi connectivity index (χ3v) is 4.19. The van der Waals surface area contributed by atoms with Crippen LogP contribution >= 0.6 is 11.3 Å². The molecule has 16 heavy (non-hydrogen) atoms. The highest BCUT2D eigenvalue weighted by Gasteiger charge is 2.32. The Morgan fingerprint density at radius 1 is 1.38 bits per heavy atom. The van der Waals surface area contributed by atoms with Crippen LogP contribution in [0.5, 0.6) is 0 Å². The first-order valence-electron chi connectivity index (χ1n) is 5.63. The van der Waals surface area contributed by atoms with Crippen LogP contribution in [0.25, 0.3) is 0 Å². The maximum atomic E-state index is 6.15. The topological polar surface area (TPSA) is 50.9 Å². The summed E-state index contributed by atoms with van der Waals surface area (Å²) in [5.41, 5.74) is 6.05. The smallest absolute Gasteiger partial charge is 0.0897 e. The van der Waals surface area contributed by atoms with Gasteiger partial charge in [0.2, 0.25) is 0 Å². The molecule has 0 amide bonds. The fourth-order valence-corrected chi connectivity index (χ4v) is 1.98. The van der Waals surface area contributed by atoms with E-state index in [2.05, 4.69) is 38.0 Å². The van der Waals surface area contributed by atoms with Crippen LogP contribution in [0.2, 0.25) is 0 Å². The van der Waals surface area contributed by atoms with Crippen LogP contribution in [0, 0.1) is 12.3 Å². The monoisotopic (exact) mass is 241 g/mol. The maximum absolute atomic E-state index is 6.15. The molecule has 3 nitrogen and oxygen atoms in total. The van der Waals surface area contributed by atoms with Crippen molar-refractivity contribution in [3.63, 3.8) is 0 Å². The molecule has 92 valence electrons. The molecular formula is C12H23N3S. The van der Waals surface area contributed by atoms with Gasteiger partial charge in [-0.05, 0) is 26.2 Å². The molecule has 0 aliphatic carbocycles. The summed E-state index contributed by atoms with van der Waals surface area (Å²) in [4.78, 5) is 5.51. The second-order valence-corrected chi connectivity index (χ2v) is 6.87. The standard InChI is InChI=1S/C12H23N3S/c1-9-15-7-10(16-9)6-14-8-11(2,3)12(4,5)13/h7,14H,6,8,13H2,1-5H3. The molecule has 0 atom stereocenters. The van der Waals surface area contributed by atoms with Crippen molar-refractivity contribution in [2.24, 2.45) is 11.1 Å². The molecule has 3 N–H and O–H groups in total. The predicted octanol–water partition coefficient (Wildman–Crippen LogP) is 2.30. The highest BCUT2D eigenvalue weighted by atomic mass is 32.1. The molecule has 0 radical (unpaired) electrons. The quantitative estimate of drug-likeness (QED) is 0.831. The molecule has 1 aromatic heterocycles. The highest BCUT2D eigenvalue weighted by molar-refractivity contribution is 7.11. The van der Waals surface area contributed by atoms with Crippen LogP contribution in [-0.2, 0) is 6.54 Å². The lowest BCUT2D eigenvalue weighted by Crippen LogP contribution is -2.52. The Kier molecular flexibility index (Phi) is 4.10. The second-order valence-electron chi connectivity index (χ2n) is 5.55. The maximum Gasteiger partial charge on any atom is 0.0897 e. The van der Waals surface area contributed by atoms with Crippen molar-refractivity contribution in [2.75, 3.05) is 6.54 Å². The summed E-state index contributed by atoms with van der Waals surface area (Å²) < 4.78 is 0. The summed E-state index contributed by atoms with van der Waals surface area (Å²) in [6.07, 6.45) is 1.94. The van der Waals surface area contributed by atoms with Crippen molar-refractivity contribution in [3.8, 4) is 0 Å². The second kappa shape index (κ2) is 4.82. The fourth-order valence-electron chi connectivity index (χ4n) is 1.21. The Balaban J connectivity index is 2.41. The zero-order valence-corrected chi connectivity index (χ0v) is 11.7. The first-order chi connectivity index (χ1) is 7.22. The van der Waals surface area contributed by atoms with Gasteiger partial charge in [0.05, 0.1) is 5.01 Å². The average Bonchev–Trinajstić information content (AvgIpc) is 2.49. The summed E-state index contributed by atoms with van der Waals surface area (Å²) in [6, 6.07) is 0. The number of nitrogens with two attached hydrogens (primary N) is 1. The third kappa shape index (κ3) is 3.54. The molecule has 0 aliphatic rings. The number of rotatable bonds is 5. The number of hydrogen-bond donors (Lipinski definition) is 2. The van der Waals surface area contributed by atoms with Gasteiger partial charge in [-0.3, -0.25) is 0 Å². The number of aromatic nitrogens is 1. The van der Waals surface area contributed by atoms with Gasteiger partial charge in [-0.1, -0.05) is 13.8 Å². The van der Waals surface area contributed by atoms with Gasteiger partial charge in [0.1, 0.15) is 0 Å². The van der Waals surface area contributed by atoms with Gasteiger partial charge < -0.3 is 11.1 Å². The number of aryl methyl sites for hydroxylation is 1. The van der Waals surface area contributed by atoms with E-state index in [9.17, 15) is 0 Å². The zero-order valence-electron chi connectivity index (χ0n) is 10.9. The largest absolute Gasteiger partial charge is 0.325 e. The van der Waals surface area contributed by atoms with E-state index in [1.165, 1.54) is 4.88 Å². The molecule has 0 aromatic carbocycles. The molecule has 0 bridgehead atoms. The van der Waals surface area contributed by atoms with E-state index in [-0.39, 0.29) is 11.0 Å². The van der Waals surface area contributed by atoms with Crippen LogP contribution in [0.1, 0.15) is 37.6 Å². The minimum atomic E-state index is -0.177. The summed E-state index contributed by atoms with van der Waals surface area (Å²) >= 11 is 1.74. The van der Waals surface area contributed by atoms with Gasteiger partial charge in [-0.2, -0.15) is 0 Å². The Labute approximate surface area is 102 Å². The summed E-state index contributed by atoms with van der Waals surface area (Å²) in [5, 5.41) is 4.57. The van der Waals surface area contributed by atoms with E-state index in [0.29, 0.717) is 0 Å². The van der Waals surface area contributed by atoms with E-state index in [1.807, 2.05) is 13.1 Å². The van der Waals surface area contributed by atoms with Crippen LogP contribution in [0.3, 0.4) is 0 Å². The molecule has 1 heterocycles. The highest BCUT2D eigenvalue weighted by Crippen LogP contribution is 2.27. The van der Waals surface area contributed by atoms with Crippen molar-refractivity contribution in [1.29, 1.82) is 0 Å². The van der Waals surface area contributed by atoms with Crippen molar-refractivity contribution in [1.82, 2.24) is 10.3 Å². The molecule has 0 saturated heterocycles. The van der Waals surface area contributed by atoms with Crippen molar-refractivity contribution in [3.05, 3.63) is 16.1 Å². The lowest BCUT2D eigenvalue weighted by Gasteiger charge is -2.38. The fraction of sp³-hybridized carbons (Fsp3) is 0.750. The summed E-state index contributed by atoms with van der Waals surface area (Å²) in [7, 11) is 0. The molecule has 4 heteroatoms. The zero-order chi connectivity index (χ0) is 12.4. The first kappa shape index (κ1) is 13.6. The van der Waals surface area contributed by atoms with E-state index in [0.717, 1.165) is 18.1 Å². The minimum absolute atomic E-state index is 0.0761. The molecular weight excluding hydrogens is 218 g/mol. The third-order valence-electron chi connectivity index (χ3n) is 3.28. The SMILES string of the molecule is Cc1ncc(CNCC(C)(C)C(C)(C)N)s1. The Hall–Kier alpha value is -0.450. The first-order valence-corrected chi connectivity index (χ1v) is 6.45. The molecule has 0 saturated carbocycles. The normalized spacial score (nSPS) is 13.1. The van der Waals surface area contributed by atoms with E-state index >= 15 is 0 Å². The summed E-state index contributed by atoms with van der Waals surface area (Å²) in [6.45, 7) is 12.4. The number of nitrogens with zero attached hydrogens (tertiary/aromatic N) is 1. The van der Waals surface area contributed by atoms with Gasteiger partial charge in [0, 0.05) is 29.7 Å². The molecule has 0 fully saturated rings. The van der Waals surface area contributed by atoms with Gasteiger partial charge in [-0.25, -0.2) is 4.98 Å². The van der Waals surface area contributed by atoms with E-state index in [1.54, 1.807) is 11.3 Å². The number of thiazole rings is 1. The van der Waals surface area contributed by atoms with Crippen LogP contribution in [0.4, 0.5) is 0 Å². The van der Waals surface area contributed by atoms with Crippen molar-refractivity contribution in [2.45, 2.75) is 46.7 Å². The molecule has 0 aliphatic heterocycles. The lowest BCUT2D eigenvalue weighted by atomic mass is 9.75. The van der Waals surface area contributed by atoms with E-state index < -0.39 is 0 Å². The van der Waals surface area contributed by atoms with Crippen molar-refractivity contribution >= 4 is 11.3 Å². The molecule has 1 rings (SSSR count). The number of nitrogens with one attached hydrogen (secondary N) is 1.